The molecule has 0 aliphatic rings. The van der Waals surface area contributed by atoms with Crippen LogP contribution in [0.15, 0.2) is 36.8 Å². The van der Waals surface area contributed by atoms with Gasteiger partial charge in [0.2, 0.25) is 0 Å². The predicted molar refractivity (Wildman–Crippen MR) is 73.1 cm³/mol. The van der Waals surface area contributed by atoms with E-state index in [0.29, 0.717) is 12.4 Å². The molecule has 3 aromatic heterocycles. The van der Waals surface area contributed by atoms with Gasteiger partial charge in [0.1, 0.15) is 11.3 Å². The molecular formula is C13H12ClN5. The number of aryl methyl sites for hydroxylation is 1. The number of imidazole rings is 1. The van der Waals surface area contributed by atoms with Crippen LogP contribution in [-0.2, 0) is 13.0 Å². The number of rotatable bonds is 4. The molecule has 0 fully saturated rings. The smallest absolute Gasteiger partial charge is 0.111 e. The second-order valence-electron chi connectivity index (χ2n) is 4.13. The van der Waals surface area contributed by atoms with Gasteiger partial charge in [0, 0.05) is 24.7 Å². The van der Waals surface area contributed by atoms with Crippen LogP contribution in [0.1, 0.15) is 11.5 Å². The highest BCUT2D eigenvalue weighted by atomic mass is 35.5. The van der Waals surface area contributed by atoms with Gasteiger partial charge in [0.25, 0.3) is 0 Å². The largest absolute Gasteiger partial charge is 0.322 e. The summed E-state index contributed by atoms with van der Waals surface area (Å²) < 4.78 is 2.11. The van der Waals surface area contributed by atoms with Crippen LogP contribution in [-0.4, -0.2) is 30.6 Å². The van der Waals surface area contributed by atoms with Crippen molar-refractivity contribution in [2.24, 2.45) is 0 Å². The number of halogens is 1. The van der Waals surface area contributed by atoms with Gasteiger partial charge in [-0.15, -0.1) is 11.6 Å². The van der Waals surface area contributed by atoms with Gasteiger partial charge in [0.05, 0.1) is 24.0 Å². The molecule has 3 heterocycles. The Kier molecular flexibility index (Phi) is 3.37. The van der Waals surface area contributed by atoms with Gasteiger partial charge in [-0.2, -0.15) is 10.2 Å². The molecule has 0 atom stereocenters. The van der Waals surface area contributed by atoms with Crippen molar-refractivity contribution in [1.82, 2.24) is 24.7 Å². The van der Waals surface area contributed by atoms with E-state index in [2.05, 4.69) is 24.7 Å². The monoisotopic (exact) mass is 273 g/mol. The summed E-state index contributed by atoms with van der Waals surface area (Å²) in [5, 5.41) is 8.01. The van der Waals surface area contributed by atoms with E-state index in [1.54, 1.807) is 18.6 Å². The number of alkyl halides is 1. The van der Waals surface area contributed by atoms with E-state index in [1.165, 1.54) is 0 Å². The second kappa shape index (κ2) is 5.32. The van der Waals surface area contributed by atoms with E-state index in [-0.39, 0.29) is 0 Å². The van der Waals surface area contributed by atoms with E-state index >= 15 is 0 Å². The lowest BCUT2D eigenvalue weighted by atomic mass is 10.3. The van der Waals surface area contributed by atoms with Crippen molar-refractivity contribution in [2.75, 3.05) is 5.88 Å². The number of aromatic nitrogens is 5. The van der Waals surface area contributed by atoms with Crippen LogP contribution < -0.4 is 0 Å². The van der Waals surface area contributed by atoms with Crippen molar-refractivity contribution in [3.8, 4) is 0 Å². The third kappa shape index (κ3) is 2.42. The minimum absolute atomic E-state index is 0.539. The average Bonchev–Trinajstić information content (AvgIpc) is 2.79. The fraction of sp³-hybridized carbons (Fsp3) is 0.231. The fourth-order valence-corrected chi connectivity index (χ4v) is 2.23. The second-order valence-corrected chi connectivity index (χ2v) is 4.51. The van der Waals surface area contributed by atoms with E-state index < -0.39 is 0 Å². The third-order valence-electron chi connectivity index (χ3n) is 2.90. The van der Waals surface area contributed by atoms with Gasteiger partial charge in [-0.1, -0.05) is 0 Å². The Bertz CT molecular complexity index is 680. The molecule has 0 N–H and O–H groups in total. The number of hydrogen-bond donors (Lipinski definition) is 0. The fourth-order valence-electron chi connectivity index (χ4n) is 2.06. The predicted octanol–water partition coefficient (Wildman–Crippen LogP) is 2.05. The normalized spacial score (nSPS) is 11.0. The highest BCUT2D eigenvalue weighted by molar-refractivity contribution is 6.17. The Hall–Kier alpha value is -2.01. The Morgan fingerprint density at radius 1 is 1.21 bits per heavy atom. The highest BCUT2D eigenvalue weighted by Crippen LogP contribution is 2.17. The number of fused-ring (bicyclic) bond motifs is 1. The lowest BCUT2D eigenvalue weighted by molar-refractivity contribution is 0.724. The minimum atomic E-state index is 0.539. The quantitative estimate of drug-likeness (QED) is 0.683. The summed E-state index contributed by atoms with van der Waals surface area (Å²) >= 11 is 5.84. The van der Waals surface area contributed by atoms with Gasteiger partial charge >= 0.3 is 0 Å². The molecule has 0 aromatic carbocycles. The molecule has 0 spiro atoms. The first-order chi connectivity index (χ1) is 9.38. The van der Waals surface area contributed by atoms with Gasteiger partial charge in [-0.25, -0.2) is 4.98 Å². The molecule has 0 saturated heterocycles. The zero-order valence-electron chi connectivity index (χ0n) is 10.2. The van der Waals surface area contributed by atoms with Crippen LogP contribution >= 0.6 is 11.6 Å². The molecule has 0 amide bonds. The van der Waals surface area contributed by atoms with Gasteiger partial charge in [-0.3, -0.25) is 4.98 Å². The summed E-state index contributed by atoms with van der Waals surface area (Å²) in [6, 6.07) is 5.78. The molecule has 0 bridgehead atoms. The molecule has 96 valence electrons. The summed E-state index contributed by atoms with van der Waals surface area (Å²) in [7, 11) is 0. The van der Waals surface area contributed by atoms with Crippen LogP contribution in [0.25, 0.3) is 11.0 Å². The van der Waals surface area contributed by atoms with Crippen molar-refractivity contribution in [3.63, 3.8) is 0 Å². The van der Waals surface area contributed by atoms with Crippen molar-refractivity contribution >= 4 is 22.6 Å². The van der Waals surface area contributed by atoms with Gasteiger partial charge < -0.3 is 4.57 Å². The lowest BCUT2D eigenvalue weighted by Crippen LogP contribution is -2.07. The number of hydrogen-bond acceptors (Lipinski definition) is 4. The molecule has 0 radical (unpaired) electrons. The van der Waals surface area contributed by atoms with Crippen LogP contribution in [0.3, 0.4) is 0 Å². The summed E-state index contributed by atoms with van der Waals surface area (Å²) in [6.45, 7) is 0.639. The van der Waals surface area contributed by atoms with E-state index in [1.807, 2.05) is 18.2 Å². The first-order valence-corrected chi connectivity index (χ1v) is 6.53. The average molecular weight is 274 g/mol. The zero-order chi connectivity index (χ0) is 13.1. The zero-order valence-corrected chi connectivity index (χ0v) is 11.0. The summed E-state index contributed by atoms with van der Waals surface area (Å²) in [4.78, 5) is 8.66. The van der Waals surface area contributed by atoms with Crippen LogP contribution in [0.2, 0.25) is 0 Å². The van der Waals surface area contributed by atoms with Crippen molar-refractivity contribution in [1.29, 1.82) is 0 Å². The number of pyridine rings is 1. The Morgan fingerprint density at radius 3 is 2.95 bits per heavy atom. The van der Waals surface area contributed by atoms with Gasteiger partial charge in [0.15, 0.2) is 0 Å². The molecule has 0 unspecified atom stereocenters. The summed E-state index contributed by atoms with van der Waals surface area (Å²) in [6.07, 6.45) is 5.91. The maximum atomic E-state index is 5.84. The molecule has 19 heavy (non-hydrogen) atoms. The van der Waals surface area contributed by atoms with Crippen LogP contribution in [0.4, 0.5) is 0 Å². The topological polar surface area (TPSA) is 56.5 Å². The van der Waals surface area contributed by atoms with E-state index in [4.69, 9.17) is 11.6 Å². The molecule has 6 heteroatoms. The summed E-state index contributed by atoms with van der Waals surface area (Å²) in [5.41, 5.74) is 2.82. The van der Waals surface area contributed by atoms with Crippen LogP contribution in [0.5, 0.6) is 0 Å². The summed E-state index contributed by atoms with van der Waals surface area (Å²) in [5.74, 6) is 1.49. The maximum Gasteiger partial charge on any atom is 0.111 e. The van der Waals surface area contributed by atoms with Crippen molar-refractivity contribution in [2.45, 2.75) is 13.0 Å². The SMILES string of the molecule is ClCCc1nc2cnccc2n1Cc1cccnn1. The first-order valence-electron chi connectivity index (χ1n) is 6.00. The molecule has 0 aliphatic heterocycles. The van der Waals surface area contributed by atoms with Crippen molar-refractivity contribution < 1.29 is 0 Å². The molecular weight excluding hydrogens is 262 g/mol. The molecule has 5 nitrogen and oxygen atoms in total. The van der Waals surface area contributed by atoms with E-state index in [9.17, 15) is 0 Å². The highest BCUT2D eigenvalue weighted by Gasteiger charge is 2.11. The standard InChI is InChI=1S/C13H12ClN5/c14-5-3-13-17-11-8-15-7-4-12(11)19(13)9-10-2-1-6-16-18-10/h1-2,4,6-8H,3,5,9H2. The molecule has 0 saturated carbocycles. The maximum absolute atomic E-state index is 5.84. The molecule has 0 aliphatic carbocycles. The Morgan fingerprint density at radius 2 is 2.16 bits per heavy atom. The molecule has 3 aromatic rings. The Labute approximate surface area is 115 Å². The van der Waals surface area contributed by atoms with E-state index in [0.717, 1.165) is 29.0 Å². The third-order valence-corrected chi connectivity index (χ3v) is 3.08. The first kappa shape index (κ1) is 12.0. The van der Waals surface area contributed by atoms with Crippen molar-refractivity contribution in [3.05, 3.63) is 48.3 Å². The lowest BCUT2D eigenvalue weighted by Gasteiger charge is -2.07. The molecule has 3 rings (SSSR count). The minimum Gasteiger partial charge on any atom is -0.322 e. The van der Waals surface area contributed by atoms with Gasteiger partial charge in [-0.05, 0) is 18.2 Å². The number of nitrogens with zero attached hydrogens (tertiary/aromatic N) is 5. The Balaban J connectivity index is 2.07. The van der Waals surface area contributed by atoms with Crippen LogP contribution in [0, 0.1) is 0 Å².